The van der Waals surface area contributed by atoms with E-state index >= 15 is 0 Å². The predicted octanol–water partition coefficient (Wildman–Crippen LogP) is 4.46. The van der Waals surface area contributed by atoms with Gasteiger partial charge in [0, 0.05) is 18.2 Å². The molecule has 3 aromatic carbocycles. The zero-order valence-electron chi connectivity index (χ0n) is 14.4. The molecule has 0 aliphatic carbocycles. The molecule has 0 aromatic heterocycles. The quantitative estimate of drug-likeness (QED) is 0.549. The molecule has 3 aromatic rings. The molecule has 0 unspecified atom stereocenters. The van der Waals surface area contributed by atoms with Crippen LogP contribution < -0.4 is 10.1 Å². The Morgan fingerprint density at radius 3 is 2.19 bits per heavy atom. The highest BCUT2D eigenvalue weighted by Gasteiger charge is 2.11. The summed E-state index contributed by atoms with van der Waals surface area (Å²) in [6.45, 7) is 1.46. The first kappa shape index (κ1) is 17.4. The van der Waals surface area contributed by atoms with Crippen molar-refractivity contribution in [2.45, 2.75) is 13.3 Å². The molecule has 1 N–H and O–H groups in total. The molecule has 0 atom stereocenters. The van der Waals surface area contributed by atoms with Crippen LogP contribution in [-0.4, -0.2) is 11.9 Å². The standard InChI is InChI=1S/C22H19NO3/c1-16(24)23-21-13-12-19(15-20(21)18-10-6-3-7-11-18)26-22(25)14-17-8-4-2-5-9-17/h2-13,15H,14H2,1H3,(H,23,24). The van der Waals surface area contributed by atoms with Crippen molar-refractivity contribution >= 4 is 17.6 Å². The lowest BCUT2D eigenvalue weighted by molar-refractivity contribution is -0.133. The lowest BCUT2D eigenvalue weighted by Gasteiger charge is -2.13. The van der Waals surface area contributed by atoms with Crippen LogP contribution in [0, 0.1) is 0 Å². The molecular formula is C22H19NO3. The Morgan fingerprint density at radius 1 is 0.885 bits per heavy atom. The maximum Gasteiger partial charge on any atom is 0.315 e. The highest BCUT2D eigenvalue weighted by atomic mass is 16.5. The summed E-state index contributed by atoms with van der Waals surface area (Å²) in [4.78, 5) is 23.7. The summed E-state index contributed by atoms with van der Waals surface area (Å²) in [5, 5.41) is 2.81. The van der Waals surface area contributed by atoms with E-state index in [4.69, 9.17) is 4.74 Å². The molecule has 130 valence electrons. The molecule has 3 rings (SSSR count). The van der Waals surface area contributed by atoms with E-state index in [0.717, 1.165) is 16.7 Å². The van der Waals surface area contributed by atoms with Gasteiger partial charge in [0.2, 0.25) is 5.91 Å². The van der Waals surface area contributed by atoms with Crippen LogP contribution >= 0.6 is 0 Å². The monoisotopic (exact) mass is 345 g/mol. The normalized spacial score (nSPS) is 10.2. The summed E-state index contributed by atoms with van der Waals surface area (Å²) in [7, 11) is 0. The highest BCUT2D eigenvalue weighted by molar-refractivity contribution is 5.94. The van der Waals surface area contributed by atoms with Crippen molar-refractivity contribution in [1.29, 1.82) is 0 Å². The Labute approximate surface area is 152 Å². The van der Waals surface area contributed by atoms with Crippen molar-refractivity contribution in [2.75, 3.05) is 5.32 Å². The van der Waals surface area contributed by atoms with E-state index in [0.29, 0.717) is 11.4 Å². The fourth-order valence-electron chi connectivity index (χ4n) is 2.67. The largest absolute Gasteiger partial charge is 0.426 e. The van der Waals surface area contributed by atoms with Crippen LogP contribution in [0.4, 0.5) is 5.69 Å². The first-order valence-electron chi connectivity index (χ1n) is 8.33. The molecule has 0 spiro atoms. The van der Waals surface area contributed by atoms with Crippen LogP contribution in [0.25, 0.3) is 11.1 Å². The Morgan fingerprint density at radius 2 is 1.54 bits per heavy atom. The first-order chi connectivity index (χ1) is 12.6. The van der Waals surface area contributed by atoms with Gasteiger partial charge >= 0.3 is 5.97 Å². The number of esters is 1. The second-order valence-corrected chi connectivity index (χ2v) is 5.89. The maximum atomic E-state index is 12.2. The highest BCUT2D eigenvalue weighted by Crippen LogP contribution is 2.32. The summed E-state index contributed by atoms with van der Waals surface area (Å²) in [6, 6.07) is 24.3. The van der Waals surface area contributed by atoms with Gasteiger partial charge in [-0.2, -0.15) is 0 Å². The van der Waals surface area contributed by atoms with Gasteiger partial charge in [-0.05, 0) is 29.3 Å². The summed E-state index contributed by atoms with van der Waals surface area (Å²) in [6.07, 6.45) is 0.203. The summed E-state index contributed by atoms with van der Waals surface area (Å²) in [5.74, 6) is -0.0441. The Hall–Kier alpha value is -3.40. The molecular weight excluding hydrogens is 326 g/mol. The summed E-state index contributed by atoms with van der Waals surface area (Å²) in [5.41, 5.74) is 3.30. The molecule has 0 saturated carbocycles. The number of ether oxygens (including phenoxy) is 1. The predicted molar refractivity (Wildman–Crippen MR) is 102 cm³/mol. The molecule has 0 radical (unpaired) electrons. The SMILES string of the molecule is CC(=O)Nc1ccc(OC(=O)Cc2ccccc2)cc1-c1ccccc1. The fourth-order valence-corrected chi connectivity index (χ4v) is 2.67. The topological polar surface area (TPSA) is 55.4 Å². The van der Waals surface area contributed by atoms with Crippen molar-refractivity contribution in [3.8, 4) is 16.9 Å². The average Bonchev–Trinajstić information content (AvgIpc) is 2.64. The van der Waals surface area contributed by atoms with Crippen LogP contribution in [0.15, 0.2) is 78.9 Å². The average molecular weight is 345 g/mol. The van der Waals surface area contributed by atoms with Gasteiger partial charge in [-0.1, -0.05) is 60.7 Å². The lowest BCUT2D eigenvalue weighted by atomic mass is 10.0. The molecule has 4 nitrogen and oxygen atoms in total. The lowest BCUT2D eigenvalue weighted by Crippen LogP contribution is -2.12. The molecule has 4 heteroatoms. The number of rotatable bonds is 5. The summed E-state index contributed by atoms with van der Waals surface area (Å²) < 4.78 is 5.49. The maximum absolute atomic E-state index is 12.2. The van der Waals surface area contributed by atoms with Crippen LogP contribution in [0.2, 0.25) is 0 Å². The third-order valence-corrected chi connectivity index (χ3v) is 3.81. The third-order valence-electron chi connectivity index (χ3n) is 3.81. The van der Waals surface area contributed by atoms with Crippen LogP contribution in [-0.2, 0) is 16.0 Å². The number of amides is 1. The van der Waals surface area contributed by atoms with Gasteiger partial charge in [0.05, 0.1) is 6.42 Å². The van der Waals surface area contributed by atoms with E-state index in [1.165, 1.54) is 6.92 Å². The van der Waals surface area contributed by atoms with Gasteiger partial charge in [-0.3, -0.25) is 9.59 Å². The minimum absolute atomic E-state index is 0.156. The van der Waals surface area contributed by atoms with E-state index in [1.54, 1.807) is 18.2 Å². The number of hydrogen-bond acceptors (Lipinski definition) is 3. The number of carbonyl (C=O) groups is 2. The molecule has 0 heterocycles. The number of benzene rings is 3. The second kappa shape index (κ2) is 8.12. The van der Waals surface area contributed by atoms with E-state index < -0.39 is 0 Å². The van der Waals surface area contributed by atoms with Crippen molar-refractivity contribution < 1.29 is 14.3 Å². The van der Waals surface area contributed by atoms with Gasteiger partial charge < -0.3 is 10.1 Å². The Bertz CT molecular complexity index is 905. The van der Waals surface area contributed by atoms with E-state index in [1.807, 2.05) is 60.7 Å². The zero-order valence-corrected chi connectivity index (χ0v) is 14.4. The third kappa shape index (κ3) is 4.57. The molecule has 0 saturated heterocycles. The van der Waals surface area contributed by atoms with E-state index in [2.05, 4.69) is 5.32 Å². The molecule has 1 amide bonds. The van der Waals surface area contributed by atoms with E-state index in [-0.39, 0.29) is 18.3 Å². The smallest absolute Gasteiger partial charge is 0.315 e. The molecule has 0 bridgehead atoms. The number of nitrogens with one attached hydrogen (secondary N) is 1. The van der Waals surface area contributed by atoms with Gasteiger partial charge in [0.1, 0.15) is 5.75 Å². The summed E-state index contributed by atoms with van der Waals surface area (Å²) >= 11 is 0. The first-order valence-corrected chi connectivity index (χ1v) is 8.33. The molecule has 0 aliphatic heterocycles. The second-order valence-electron chi connectivity index (χ2n) is 5.89. The van der Waals surface area contributed by atoms with Crippen molar-refractivity contribution in [3.63, 3.8) is 0 Å². The number of hydrogen-bond donors (Lipinski definition) is 1. The van der Waals surface area contributed by atoms with Crippen molar-refractivity contribution in [2.24, 2.45) is 0 Å². The molecule has 0 aliphatic rings. The van der Waals surface area contributed by atoms with Gasteiger partial charge in [0.15, 0.2) is 0 Å². The molecule has 26 heavy (non-hydrogen) atoms. The van der Waals surface area contributed by atoms with Gasteiger partial charge in [-0.25, -0.2) is 0 Å². The minimum atomic E-state index is -0.331. The van der Waals surface area contributed by atoms with Crippen LogP contribution in [0.3, 0.4) is 0 Å². The zero-order chi connectivity index (χ0) is 18.4. The Kier molecular flexibility index (Phi) is 5.44. The van der Waals surface area contributed by atoms with Crippen molar-refractivity contribution in [1.82, 2.24) is 0 Å². The van der Waals surface area contributed by atoms with Crippen LogP contribution in [0.5, 0.6) is 5.75 Å². The van der Waals surface area contributed by atoms with E-state index in [9.17, 15) is 9.59 Å². The number of anilines is 1. The fraction of sp³-hybridized carbons (Fsp3) is 0.0909. The van der Waals surface area contributed by atoms with Gasteiger partial charge in [-0.15, -0.1) is 0 Å². The minimum Gasteiger partial charge on any atom is -0.426 e. The van der Waals surface area contributed by atoms with Crippen LogP contribution in [0.1, 0.15) is 12.5 Å². The van der Waals surface area contributed by atoms with Gasteiger partial charge in [0.25, 0.3) is 0 Å². The number of carbonyl (C=O) groups excluding carboxylic acids is 2. The molecule has 0 fully saturated rings. The van der Waals surface area contributed by atoms with Crippen molar-refractivity contribution in [3.05, 3.63) is 84.4 Å². The Balaban J connectivity index is 1.84.